The van der Waals surface area contributed by atoms with E-state index in [2.05, 4.69) is 5.32 Å². The van der Waals surface area contributed by atoms with E-state index in [1.54, 1.807) is 32.3 Å². The standard InChI is InChI=1S/C16H26N2O3S/c1-4-5-11-22(20,21)15-8-6-7-14(12-15)9-10-17-13-16(19)18(2)3/h6-8,12,17H,4-5,9-11,13H2,1-3H3. The van der Waals surface area contributed by atoms with E-state index in [1.807, 2.05) is 13.0 Å². The number of likely N-dealkylation sites (N-methyl/N-ethyl adjacent to an activating group) is 1. The van der Waals surface area contributed by atoms with Crippen LogP contribution in [0, 0.1) is 0 Å². The molecule has 0 heterocycles. The lowest BCUT2D eigenvalue weighted by Gasteiger charge is -2.11. The van der Waals surface area contributed by atoms with Gasteiger partial charge >= 0.3 is 0 Å². The average Bonchev–Trinajstić information content (AvgIpc) is 2.49. The molecule has 1 amide bonds. The number of hydrogen-bond donors (Lipinski definition) is 1. The first kappa shape index (κ1) is 18.6. The summed E-state index contributed by atoms with van der Waals surface area (Å²) in [5, 5.41) is 3.07. The zero-order chi connectivity index (χ0) is 16.6. The van der Waals surface area contributed by atoms with Crippen LogP contribution in [0.4, 0.5) is 0 Å². The first-order valence-electron chi connectivity index (χ1n) is 7.59. The van der Waals surface area contributed by atoms with E-state index in [9.17, 15) is 13.2 Å². The first-order chi connectivity index (χ1) is 10.4. The van der Waals surface area contributed by atoms with E-state index in [1.165, 1.54) is 4.90 Å². The van der Waals surface area contributed by atoms with Crippen LogP contribution in [0.15, 0.2) is 29.2 Å². The highest BCUT2D eigenvalue weighted by atomic mass is 32.2. The van der Waals surface area contributed by atoms with Gasteiger partial charge in [0, 0.05) is 14.1 Å². The Kier molecular flexibility index (Phi) is 7.55. The van der Waals surface area contributed by atoms with Crippen LogP contribution in [0.25, 0.3) is 0 Å². The molecule has 22 heavy (non-hydrogen) atoms. The summed E-state index contributed by atoms with van der Waals surface area (Å²) < 4.78 is 24.3. The zero-order valence-electron chi connectivity index (χ0n) is 13.6. The third-order valence-electron chi connectivity index (χ3n) is 3.39. The highest BCUT2D eigenvalue weighted by Gasteiger charge is 2.13. The van der Waals surface area contributed by atoms with Gasteiger partial charge in [-0.05, 0) is 37.1 Å². The molecule has 0 spiro atoms. The molecule has 0 saturated carbocycles. The van der Waals surface area contributed by atoms with Crippen LogP contribution in [0.2, 0.25) is 0 Å². The van der Waals surface area contributed by atoms with Gasteiger partial charge in [0.05, 0.1) is 17.2 Å². The lowest BCUT2D eigenvalue weighted by Crippen LogP contribution is -2.33. The van der Waals surface area contributed by atoms with Crippen molar-refractivity contribution < 1.29 is 13.2 Å². The summed E-state index contributed by atoms with van der Waals surface area (Å²) in [5.74, 6) is 0.221. The van der Waals surface area contributed by atoms with E-state index in [-0.39, 0.29) is 11.7 Å². The number of amides is 1. The largest absolute Gasteiger partial charge is 0.348 e. The third kappa shape index (κ3) is 6.15. The van der Waals surface area contributed by atoms with Crippen LogP contribution in [-0.4, -0.2) is 52.2 Å². The van der Waals surface area contributed by atoms with Crippen molar-refractivity contribution in [1.29, 1.82) is 0 Å². The lowest BCUT2D eigenvalue weighted by atomic mass is 10.1. The van der Waals surface area contributed by atoms with Crippen LogP contribution >= 0.6 is 0 Å². The fraction of sp³-hybridized carbons (Fsp3) is 0.562. The number of unbranched alkanes of at least 4 members (excludes halogenated alkanes) is 1. The Morgan fingerprint density at radius 2 is 2.00 bits per heavy atom. The van der Waals surface area contributed by atoms with Crippen molar-refractivity contribution in [2.45, 2.75) is 31.1 Å². The Balaban J connectivity index is 2.56. The molecule has 0 fully saturated rings. The molecule has 5 nitrogen and oxygen atoms in total. The number of carbonyl (C=O) groups excluding carboxylic acids is 1. The highest BCUT2D eigenvalue weighted by molar-refractivity contribution is 7.91. The van der Waals surface area contributed by atoms with E-state index in [0.29, 0.717) is 30.8 Å². The van der Waals surface area contributed by atoms with Crippen molar-refractivity contribution in [2.24, 2.45) is 0 Å². The normalized spacial score (nSPS) is 11.4. The summed E-state index contributed by atoms with van der Waals surface area (Å²) in [5.41, 5.74) is 0.961. The van der Waals surface area contributed by atoms with Gasteiger partial charge in [0.1, 0.15) is 0 Å². The minimum absolute atomic E-state index is 0.0240. The number of carbonyl (C=O) groups is 1. The predicted octanol–water partition coefficient (Wildman–Crippen LogP) is 1.48. The number of sulfone groups is 1. The van der Waals surface area contributed by atoms with Crippen molar-refractivity contribution in [1.82, 2.24) is 10.2 Å². The Labute approximate surface area is 133 Å². The molecule has 0 atom stereocenters. The summed E-state index contributed by atoms with van der Waals surface area (Å²) >= 11 is 0. The Morgan fingerprint density at radius 3 is 2.64 bits per heavy atom. The fourth-order valence-corrected chi connectivity index (χ4v) is 3.45. The van der Waals surface area contributed by atoms with Gasteiger partial charge in [0.25, 0.3) is 0 Å². The first-order valence-corrected chi connectivity index (χ1v) is 9.24. The monoisotopic (exact) mass is 326 g/mol. The molecule has 0 radical (unpaired) electrons. The Hall–Kier alpha value is -1.40. The number of nitrogens with zero attached hydrogens (tertiary/aromatic N) is 1. The Bertz CT molecular complexity index is 583. The number of hydrogen-bond acceptors (Lipinski definition) is 4. The maximum atomic E-state index is 12.2. The van der Waals surface area contributed by atoms with Gasteiger partial charge < -0.3 is 10.2 Å². The van der Waals surface area contributed by atoms with Crippen molar-refractivity contribution in [3.05, 3.63) is 29.8 Å². The second-order valence-electron chi connectivity index (χ2n) is 5.53. The maximum Gasteiger partial charge on any atom is 0.236 e. The number of nitrogens with one attached hydrogen (secondary N) is 1. The van der Waals surface area contributed by atoms with E-state index >= 15 is 0 Å². The summed E-state index contributed by atoms with van der Waals surface area (Å²) in [6.07, 6.45) is 2.24. The molecule has 0 bridgehead atoms. The number of benzene rings is 1. The molecule has 124 valence electrons. The van der Waals surface area contributed by atoms with Crippen molar-refractivity contribution in [2.75, 3.05) is 32.9 Å². The molecular weight excluding hydrogens is 300 g/mol. The van der Waals surface area contributed by atoms with Crippen molar-refractivity contribution in [3.63, 3.8) is 0 Å². The minimum atomic E-state index is -3.18. The molecule has 1 aromatic rings. The molecule has 1 N–H and O–H groups in total. The minimum Gasteiger partial charge on any atom is -0.348 e. The lowest BCUT2D eigenvalue weighted by molar-refractivity contribution is -0.127. The quantitative estimate of drug-likeness (QED) is 0.698. The number of rotatable bonds is 9. The van der Waals surface area contributed by atoms with Crippen LogP contribution in [0.5, 0.6) is 0 Å². The van der Waals surface area contributed by atoms with Gasteiger partial charge in [0.15, 0.2) is 9.84 Å². The van der Waals surface area contributed by atoms with Gasteiger partial charge in [-0.2, -0.15) is 0 Å². The second-order valence-corrected chi connectivity index (χ2v) is 7.64. The average molecular weight is 326 g/mol. The Morgan fingerprint density at radius 1 is 1.27 bits per heavy atom. The van der Waals surface area contributed by atoms with Gasteiger partial charge in [-0.3, -0.25) is 4.79 Å². The summed E-state index contributed by atoms with van der Waals surface area (Å²) in [6, 6.07) is 7.07. The third-order valence-corrected chi connectivity index (χ3v) is 5.19. The molecule has 0 aliphatic rings. The molecule has 1 rings (SSSR count). The molecule has 6 heteroatoms. The molecule has 0 saturated heterocycles. The molecule has 0 aliphatic carbocycles. The molecular formula is C16H26N2O3S. The van der Waals surface area contributed by atoms with Gasteiger partial charge in [-0.1, -0.05) is 25.5 Å². The molecule has 0 unspecified atom stereocenters. The smallest absolute Gasteiger partial charge is 0.236 e. The van der Waals surface area contributed by atoms with Crippen LogP contribution in [0.3, 0.4) is 0 Å². The van der Waals surface area contributed by atoms with Crippen molar-refractivity contribution in [3.8, 4) is 0 Å². The SMILES string of the molecule is CCCCS(=O)(=O)c1cccc(CCNCC(=O)N(C)C)c1. The second kappa shape index (κ2) is 8.90. The van der Waals surface area contributed by atoms with Crippen molar-refractivity contribution >= 4 is 15.7 Å². The van der Waals surface area contributed by atoms with E-state index < -0.39 is 9.84 Å². The fourth-order valence-electron chi connectivity index (χ4n) is 1.93. The highest BCUT2D eigenvalue weighted by Crippen LogP contribution is 2.15. The van der Waals surface area contributed by atoms with Gasteiger partial charge in [-0.15, -0.1) is 0 Å². The van der Waals surface area contributed by atoms with E-state index in [4.69, 9.17) is 0 Å². The molecule has 0 aliphatic heterocycles. The van der Waals surface area contributed by atoms with Crippen LogP contribution in [-0.2, 0) is 21.1 Å². The van der Waals surface area contributed by atoms with Crippen LogP contribution < -0.4 is 5.32 Å². The predicted molar refractivity (Wildman–Crippen MR) is 88.7 cm³/mol. The van der Waals surface area contributed by atoms with Crippen LogP contribution in [0.1, 0.15) is 25.3 Å². The van der Waals surface area contributed by atoms with E-state index in [0.717, 1.165) is 12.0 Å². The summed E-state index contributed by atoms with van der Waals surface area (Å²) in [6.45, 7) is 2.91. The van der Waals surface area contributed by atoms with Gasteiger partial charge in [-0.25, -0.2) is 8.42 Å². The van der Waals surface area contributed by atoms with Gasteiger partial charge in [0.2, 0.25) is 5.91 Å². The topological polar surface area (TPSA) is 66.5 Å². The zero-order valence-corrected chi connectivity index (χ0v) is 14.4. The summed E-state index contributed by atoms with van der Waals surface area (Å²) in [7, 11) is 0.252. The summed E-state index contributed by atoms with van der Waals surface area (Å²) in [4.78, 5) is 13.4. The maximum absolute atomic E-state index is 12.2. The molecule has 0 aromatic heterocycles. The molecule has 1 aromatic carbocycles.